The van der Waals surface area contributed by atoms with Crippen molar-refractivity contribution in [2.45, 2.75) is 26.8 Å². The lowest BCUT2D eigenvalue weighted by Crippen LogP contribution is -2.32. The van der Waals surface area contributed by atoms with E-state index in [9.17, 15) is 4.79 Å². The predicted molar refractivity (Wildman–Crippen MR) is 129 cm³/mol. The summed E-state index contributed by atoms with van der Waals surface area (Å²) in [5.41, 5.74) is 5.74. The number of ether oxygens (including phenoxy) is 1. The van der Waals surface area contributed by atoms with E-state index >= 15 is 0 Å². The van der Waals surface area contributed by atoms with Crippen LogP contribution >= 0.6 is 23.2 Å². The van der Waals surface area contributed by atoms with E-state index in [-0.39, 0.29) is 5.63 Å². The van der Waals surface area contributed by atoms with Gasteiger partial charge in [0.05, 0.1) is 0 Å². The Kier molecular flexibility index (Phi) is 5.36. The van der Waals surface area contributed by atoms with Gasteiger partial charge in [0.2, 0.25) is 0 Å². The molecule has 0 aliphatic carbocycles. The number of benzene rings is 3. The molecular formula is C26H21Cl2NO3. The molecule has 1 aromatic heterocycles. The summed E-state index contributed by atoms with van der Waals surface area (Å²) in [6, 6.07) is 17.5. The zero-order chi connectivity index (χ0) is 22.4. The minimum absolute atomic E-state index is 0.298. The number of nitrogens with zero attached hydrogens (tertiary/aromatic N) is 1. The first kappa shape index (κ1) is 20.9. The van der Waals surface area contributed by atoms with Crippen molar-refractivity contribution in [3.05, 3.63) is 103 Å². The summed E-state index contributed by atoms with van der Waals surface area (Å²) in [6.07, 6.45) is 0.532. The topological polar surface area (TPSA) is 42.7 Å². The van der Waals surface area contributed by atoms with Crippen LogP contribution in [0.2, 0.25) is 10.0 Å². The molecule has 0 unspecified atom stereocenters. The quantitative estimate of drug-likeness (QED) is 0.317. The van der Waals surface area contributed by atoms with Crippen LogP contribution in [0.1, 0.15) is 27.8 Å². The number of rotatable bonds is 3. The zero-order valence-corrected chi connectivity index (χ0v) is 19.3. The van der Waals surface area contributed by atoms with E-state index in [4.69, 9.17) is 32.4 Å². The van der Waals surface area contributed by atoms with Crippen LogP contribution in [0.4, 0.5) is 5.69 Å². The third-order valence-corrected chi connectivity index (χ3v) is 6.43. The molecule has 6 heteroatoms. The zero-order valence-electron chi connectivity index (χ0n) is 17.7. The van der Waals surface area contributed by atoms with Crippen molar-refractivity contribution in [3.63, 3.8) is 0 Å². The van der Waals surface area contributed by atoms with Gasteiger partial charge in [0, 0.05) is 50.8 Å². The Morgan fingerprint density at radius 2 is 1.69 bits per heavy atom. The molecule has 0 saturated carbocycles. The second kappa shape index (κ2) is 8.19. The third kappa shape index (κ3) is 3.74. The molecule has 1 aliphatic rings. The predicted octanol–water partition coefficient (Wildman–Crippen LogP) is 6.66. The SMILES string of the molecule is Cc1c(Cc2ccccc2)c(=O)oc2c(C)c3c(cc12)CN(c1cc(Cl)cc(Cl)c1)CO3. The maximum Gasteiger partial charge on any atom is 0.340 e. The van der Waals surface area contributed by atoms with Gasteiger partial charge in [-0.05, 0) is 49.2 Å². The van der Waals surface area contributed by atoms with Gasteiger partial charge in [-0.25, -0.2) is 4.79 Å². The Morgan fingerprint density at radius 3 is 2.41 bits per heavy atom. The van der Waals surface area contributed by atoms with Crippen LogP contribution in [0.3, 0.4) is 0 Å². The van der Waals surface area contributed by atoms with Crippen molar-refractivity contribution in [1.29, 1.82) is 0 Å². The molecule has 1 aliphatic heterocycles. The van der Waals surface area contributed by atoms with Gasteiger partial charge >= 0.3 is 5.63 Å². The van der Waals surface area contributed by atoms with Crippen LogP contribution in [0.5, 0.6) is 5.75 Å². The van der Waals surface area contributed by atoms with E-state index < -0.39 is 0 Å². The summed E-state index contributed by atoms with van der Waals surface area (Å²) in [6.45, 7) is 4.91. The Balaban J connectivity index is 1.59. The number of anilines is 1. The van der Waals surface area contributed by atoms with E-state index in [1.807, 2.05) is 56.3 Å². The highest BCUT2D eigenvalue weighted by Crippen LogP contribution is 2.38. The molecule has 0 atom stereocenters. The van der Waals surface area contributed by atoms with Crippen LogP contribution in [-0.2, 0) is 13.0 Å². The molecule has 0 N–H and O–H groups in total. The molecular weight excluding hydrogens is 445 g/mol. The van der Waals surface area contributed by atoms with E-state index in [0.717, 1.165) is 39.1 Å². The summed E-state index contributed by atoms with van der Waals surface area (Å²) >= 11 is 12.4. The molecule has 0 amide bonds. The Hall–Kier alpha value is -2.95. The van der Waals surface area contributed by atoms with Gasteiger partial charge in [-0.2, -0.15) is 0 Å². The van der Waals surface area contributed by atoms with Crippen molar-refractivity contribution in [2.75, 3.05) is 11.6 Å². The van der Waals surface area contributed by atoms with Gasteiger partial charge in [-0.3, -0.25) is 0 Å². The standard InChI is InChI=1S/C26H21Cl2NO3/c1-15-22-9-18-13-29(21-11-19(27)10-20(28)12-21)14-31-24(18)16(2)25(22)32-26(30)23(15)8-17-6-4-3-5-7-17/h3-7,9-12H,8,13-14H2,1-2H3. The lowest BCUT2D eigenvalue weighted by molar-refractivity contribution is 0.287. The largest absolute Gasteiger partial charge is 0.472 e. The van der Waals surface area contributed by atoms with E-state index in [1.54, 1.807) is 6.07 Å². The van der Waals surface area contributed by atoms with Gasteiger partial charge in [-0.15, -0.1) is 0 Å². The monoisotopic (exact) mass is 465 g/mol. The van der Waals surface area contributed by atoms with Gasteiger partial charge in [0.15, 0.2) is 6.73 Å². The van der Waals surface area contributed by atoms with Crippen molar-refractivity contribution in [2.24, 2.45) is 0 Å². The molecule has 0 saturated heterocycles. The summed E-state index contributed by atoms with van der Waals surface area (Å²) in [5.74, 6) is 0.764. The minimum Gasteiger partial charge on any atom is -0.472 e. The van der Waals surface area contributed by atoms with Crippen molar-refractivity contribution in [1.82, 2.24) is 0 Å². The smallest absolute Gasteiger partial charge is 0.340 e. The summed E-state index contributed by atoms with van der Waals surface area (Å²) in [5, 5.41) is 2.09. The van der Waals surface area contributed by atoms with E-state index in [1.165, 1.54) is 0 Å². The summed E-state index contributed by atoms with van der Waals surface area (Å²) in [4.78, 5) is 14.9. The molecule has 2 heterocycles. The van der Waals surface area contributed by atoms with Gasteiger partial charge in [0.1, 0.15) is 11.3 Å². The van der Waals surface area contributed by atoms with Crippen LogP contribution in [0.15, 0.2) is 63.8 Å². The summed E-state index contributed by atoms with van der Waals surface area (Å²) < 4.78 is 11.9. The van der Waals surface area contributed by atoms with Gasteiger partial charge < -0.3 is 14.1 Å². The van der Waals surface area contributed by atoms with Crippen molar-refractivity contribution < 1.29 is 9.15 Å². The second-order valence-electron chi connectivity index (χ2n) is 8.12. The normalized spacial score (nSPS) is 13.2. The summed E-state index contributed by atoms with van der Waals surface area (Å²) in [7, 11) is 0. The Bertz CT molecular complexity index is 1380. The van der Waals surface area contributed by atoms with Gasteiger partial charge in [-0.1, -0.05) is 53.5 Å². The molecule has 3 aromatic carbocycles. The third-order valence-electron chi connectivity index (χ3n) is 6.00. The minimum atomic E-state index is -0.298. The van der Waals surface area contributed by atoms with E-state index in [2.05, 4.69) is 11.0 Å². The first-order valence-electron chi connectivity index (χ1n) is 10.4. The second-order valence-corrected chi connectivity index (χ2v) is 8.99. The van der Waals surface area contributed by atoms with Crippen LogP contribution in [-0.4, -0.2) is 6.73 Å². The maximum atomic E-state index is 12.8. The number of halogens is 2. The molecule has 0 bridgehead atoms. The molecule has 4 nitrogen and oxygen atoms in total. The van der Waals surface area contributed by atoms with E-state index in [0.29, 0.717) is 40.9 Å². The fourth-order valence-corrected chi connectivity index (χ4v) is 4.85. The number of aryl methyl sites for hydroxylation is 2. The maximum absolute atomic E-state index is 12.8. The molecule has 0 radical (unpaired) electrons. The lowest BCUT2D eigenvalue weighted by atomic mass is 9.96. The average Bonchev–Trinajstić information content (AvgIpc) is 2.77. The van der Waals surface area contributed by atoms with Crippen LogP contribution in [0, 0.1) is 13.8 Å². The Labute approximate surface area is 195 Å². The number of hydrogen-bond donors (Lipinski definition) is 0. The fourth-order valence-electron chi connectivity index (χ4n) is 4.34. The lowest BCUT2D eigenvalue weighted by Gasteiger charge is -2.32. The van der Waals surface area contributed by atoms with Gasteiger partial charge in [0.25, 0.3) is 0 Å². The number of hydrogen-bond acceptors (Lipinski definition) is 4. The highest BCUT2D eigenvalue weighted by Gasteiger charge is 2.24. The highest BCUT2D eigenvalue weighted by molar-refractivity contribution is 6.35. The van der Waals surface area contributed by atoms with Crippen molar-refractivity contribution >= 4 is 39.9 Å². The van der Waals surface area contributed by atoms with Crippen molar-refractivity contribution in [3.8, 4) is 5.75 Å². The molecule has 5 rings (SSSR count). The molecule has 0 fully saturated rings. The molecule has 4 aromatic rings. The Morgan fingerprint density at radius 1 is 0.969 bits per heavy atom. The highest BCUT2D eigenvalue weighted by atomic mass is 35.5. The fraction of sp³-hybridized carbons (Fsp3) is 0.192. The molecule has 162 valence electrons. The first-order valence-corrected chi connectivity index (χ1v) is 11.1. The number of fused-ring (bicyclic) bond motifs is 2. The van der Waals surface area contributed by atoms with Crippen LogP contribution in [0.25, 0.3) is 11.0 Å². The average molecular weight is 466 g/mol. The molecule has 32 heavy (non-hydrogen) atoms. The van der Waals surface area contributed by atoms with Crippen LogP contribution < -0.4 is 15.3 Å². The molecule has 0 spiro atoms. The first-order chi connectivity index (χ1) is 15.4.